The lowest BCUT2D eigenvalue weighted by Crippen LogP contribution is -2.41. The molecule has 2 aromatic heterocycles. The van der Waals surface area contributed by atoms with Gasteiger partial charge in [0.05, 0.1) is 37.2 Å². The van der Waals surface area contributed by atoms with Crippen LogP contribution in [0.5, 0.6) is 0 Å². The molecule has 0 bridgehead atoms. The summed E-state index contributed by atoms with van der Waals surface area (Å²) >= 11 is 0. The highest BCUT2D eigenvalue weighted by molar-refractivity contribution is 5.99. The highest BCUT2D eigenvalue weighted by Crippen LogP contribution is 2.36. The van der Waals surface area contributed by atoms with Gasteiger partial charge in [0.2, 0.25) is 0 Å². The summed E-state index contributed by atoms with van der Waals surface area (Å²) < 4.78 is 7.24. The number of anilines is 1. The van der Waals surface area contributed by atoms with Crippen molar-refractivity contribution in [2.24, 2.45) is 0 Å². The molecule has 126 valence electrons. The van der Waals surface area contributed by atoms with E-state index in [0.717, 1.165) is 17.9 Å². The van der Waals surface area contributed by atoms with Gasteiger partial charge in [-0.05, 0) is 25.5 Å². The van der Waals surface area contributed by atoms with Crippen LogP contribution in [0.4, 0.5) is 5.82 Å². The van der Waals surface area contributed by atoms with Gasteiger partial charge in [-0.1, -0.05) is 6.07 Å². The molecule has 1 fully saturated rings. The van der Waals surface area contributed by atoms with Crippen LogP contribution in [0.2, 0.25) is 0 Å². The molecule has 4 rings (SSSR count). The molecule has 0 aliphatic carbocycles. The number of amides is 1. The Bertz CT molecular complexity index is 724. The van der Waals surface area contributed by atoms with Gasteiger partial charge in [0.25, 0.3) is 5.91 Å². The number of pyridine rings is 1. The number of carbonyl (C=O) groups is 1. The average Bonchev–Trinajstić information content (AvgIpc) is 3.07. The van der Waals surface area contributed by atoms with Crippen molar-refractivity contribution in [3.8, 4) is 0 Å². The molecule has 4 heterocycles. The maximum Gasteiger partial charge on any atom is 0.259 e. The van der Waals surface area contributed by atoms with E-state index in [1.165, 1.54) is 0 Å². The Hall–Kier alpha value is -2.41. The summed E-state index contributed by atoms with van der Waals surface area (Å²) in [6.07, 6.45) is 4.36. The number of rotatable bonds is 2. The first-order chi connectivity index (χ1) is 11.7. The normalized spacial score (nSPS) is 23.5. The van der Waals surface area contributed by atoms with E-state index in [1.54, 1.807) is 12.4 Å². The van der Waals surface area contributed by atoms with E-state index < -0.39 is 0 Å². The molecule has 0 radical (unpaired) electrons. The Kier molecular flexibility index (Phi) is 3.93. The maximum absolute atomic E-state index is 12.8. The fraction of sp³-hybridized carbons (Fsp3) is 0.471. The molecule has 7 nitrogen and oxygen atoms in total. The fourth-order valence-corrected chi connectivity index (χ4v) is 3.38. The second-order valence-corrected chi connectivity index (χ2v) is 6.29. The highest BCUT2D eigenvalue weighted by atomic mass is 16.5. The molecule has 2 aliphatic rings. The van der Waals surface area contributed by atoms with Crippen molar-refractivity contribution in [2.75, 3.05) is 31.6 Å². The molecular weight excluding hydrogens is 306 g/mol. The predicted molar refractivity (Wildman–Crippen MR) is 88.9 cm³/mol. The lowest BCUT2D eigenvalue weighted by Gasteiger charge is -2.31. The van der Waals surface area contributed by atoms with E-state index in [-0.39, 0.29) is 18.0 Å². The molecular formula is C17H21N5O2. The van der Waals surface area contributed by atoms with Crippen molar-refractivity contribution in [1.29, 1.82) is 0 Å². The molecule has 2 unspecified atom stereocenters. The molecule has 24 heavy (non-hydrogen) atoms. The Morgan fingerprint density at radius 2 is 2.17 bits per heavy atom. The van der Waals surface area contributed by atoms with Crippen molar-refractivity contribution in [2.45, 2.75) is 25.4 Å². The average molecular weight is 327 g/mol. The molecule has 0 saturated carbocycles. The van der Waals surface area contributed by atoms with E-state index in [0.29, 0.717) is 31.9 Å². The van der Waals surface area contributed by atoms with Gasteiger partial charge in [-0.25, -0.2) is 4.68 Å². The summed E-state index contributed by atoms with van der Waals surface area (Å²) in [4.78, 5) is 19.1. The van der Waals surface area contributed by atoms with Gasteiger partial charge in [0, 0.05) is 19.3 Å². The SMILES string of the molecule is CC1CC(c2ccccn2)Nc2c(C(=O)N3CCOCC3)cnn21. The highest BCUT2D eigenvalue weighted by Gasteiger charge is 2.31. The Labute approximate surface area is 140 Å². The van der Waals surface area contributed by atoms with Crippen LogP contribution >= 0.6 is 0 Å². The summed E-state index contributed by atoms with van der Waals surface area (Å²) in [6.45, 7) is 4.56. The number of fused-ring (bicyclic) bond motifs is 1. The van der Waals surface area contributed by atoms with Crippen molar-refractivity contribution in [3.63, 3.8) is 0 Å². The smallest absolute Gasteiger partial charge is 0.259 e. The minimum atomic E-state index is 0.0147. The molecule has 2 aliphatic heterocycles. The summed E-state index contributed by atoms with van der Waals surface area (Å²) in [5.41, 5.74) is 1.62. The number of hydrogen-bond donors (Lipinski definition) is 1. The predicted octanol–water partition coefficient (Wildman–Crippen LogP) is 1.87. The van der Waals surface area contributed by atoms with Crippen LogP contribution in [0.25, 0.3) is 0 Å². The van der Waals surface area contributed by atoms with Gasteiger partial charge < -0.3 is 15.0 Å². The molecule has 1 amide bonds. The Balaban J connectivity index is 1.63. The lowest BCUT2D eigenvalue weighted by molar-refractivity contribution is 0.0303. The molecule has 2 aromatic rings. The first-order valence-corrected chi connectivity index (χ1v) is 8.36. The van der Waals surface area contributed by atoms with Crippen LogP contribution in [-0.2, 0) is 4.74 Å². The van der Waals surface area contributed by atoms with Crippen molar-refractivity contribution in [3.05, 3.63) is 41.9 Å². The van der Waals surface area contributed by atoms with Gasteiger partial charge in [-0.3, -0.25) is 9.78 Å². The minimum absolute atomic E-state index is 0.0147. The summed E-state index contributed by atoms with van der Waals surface area (Å²) in [5, 5.41) is 7.91. The second-order valence-electron chi connectivity index (χ2n) is 6.29. The fourth-order valence-electron chi connectivity index (χ4n) is 3.38. The van der Waals surface area contributed by atoms with Crippen molar-refractivity contribution < 1.29 is 9.53 Å². The van der Waals surface area contributed by atoms with Crippen LogP contribution in [0.15, 0.2) is 30.6 Å². The van der Waals surface area contributed by atoms with Crippen LogP contribution < -0.4 is 5.32 Å². The lowest BCUT2D eigenvalue weighted by atomic mass is 10.0. The molecule has 1 N–H and O–H groups in total. The van der Waals surface area contributed by atoms with E-state index in [1.807, 2.05) is 27.8 Å². The standard InChI is InChI=1S/C17H21N5O2/c1-12-10-15(14-4-2-3-5-18-14)20-16-13(11-19-22(12)16)17(23)21-6-8-24-9-7-21/h2-5,11-12,15,20H,6-10H2,1H3. The van der Waals surface area contributed by atoms with Gasteiger partial charge in [-0.2, -0.15) is 5.10 Å². The largest absolute Gasteiger partial charge is 0.378 e. The second kappa shape index (κ2) is 6.24. The van der Waals surface area contributed by atoms with E-state index in [2.05, 4.69) is 22.3 Å². The third-order valence-electron chi connectivity index (χ3n) is 4.67. The maximum atomic E-state index is 12.8. The molecule has 0 spiro atoms. The summed E-state index contributed by atoms with van der Waals surface area (Å²) in [5.74, 6) is 0.807. The number of nitrogens with one attached hydrogen (secondary N) is 1. The van der Waals surface area contributed by atoms with Gasteiger partial charge in [-0.15, -0.1) is 0 Å². The van der Waals surface area contributed by atoms with E-state index in [4.69, 9.17) is 4.74 Å². The van der Waals surface area contributed by atoms with Crippen molar-refractivity contribution in [1.82, 2.24) is 19.7 Å². The molecule has 7 heteroatoms. The van der Waals surface area contributed by atoms with Crippen molar-refractivity contribution >= 4 is 11.7 Å². The first-order valence-electron chi connectivity index (χ1n) is 8.36. The van der Waals surface area contributed by atoms with Gasteiger partial charge in [0.15, 0.2) is 0 Å². The summed E-state index contributed by atoms with van der Waals surface area (Å²) in [6, 6.07) is 6.20. The summed E-state index contributed by atoms with van der Waals surface area (Å²) in [7, 11) is 0. The molecule has 2 atom stereocenters. The van der Waals surface area contributed by atoms with Crippen LogP contribution in [0.1, 0.15) is 41.5 Å². The van der Waals surface area contributed by atoms with E-state index in [9.17, 15) is 4.79 Å². The number of aromatic nitrogens is 3. The number of morpholine rings is 1. The third kappa shape index (κ3) is 2.65. The molecule has 0 aromatic carbocycles. The topological polar surface area (TPSA) is 72.3 Å². The minimum Gasteiger partial charge on any atom is -0.378 e. The number of ether oxygens (including phenoxy) is 1. The van der Waals surface area contributed by atoms with Crippen LogP contribution in [0.3, 0.4) is 0 Å². The monoisotopic (exact) mass is 327 g/mol. The van der Waals surface area contributed by atoms with E-state index >= 15 is 0 Å². The Morgan fingerprint density at radius 3 is 2.92 bits per heavy atom. The number of nitrogens with zero attached hydrogens (tertiary/aromatic N) is 4. The quantitative estimate of drug-likeness (QED) is 0.911. The van der Waals surface area contributed by atoms with Crippen LogP contribution in [0, 0.1) is 0 Å². The number of carbonyl (C=O) groups excluding carboxylic acids is 1. The molecule has 1 saturated heterocycles. The number of hydrogen-bond acceptors (Lipinski definition) is 5. The van der Waals surface area contributed by atoms with Crippen LogP contribution in [-0.4, -0.2) is 51.9 Å². The first kappa shape index (κ1) is 15.1. The third-order valence-corrected chi connectivity index (χ3v) is 4.67. The van der Waals surface area contributed by atoms with Gasteiger partial charge in [0.1, 0.15) is 11.4 Å². The zero-order valence-electron chi connectivity index (χ0n) is 13.7. The zero-order chi connectivity index (χ0) is 16.5. The zero-order valence-corrected chi connectivity index (χ0v) is 13.7. The Morgan fingerprint density at radius 1 is 1.33 bits per heavy atom. The van der Waals surface area contributed by atoms with Gasteiger partial charge >= 0.3 is 0 Å².